The van der Waals surface area contributed by atoms with Crippen molar-refractivity contribution in [2.75, 3.05) is 13.7 Å². The van der Waals surface area contributed by atoms with Gasteiger partial charge >= 0.3 is 0 Å². The minimum atomic E-state index is -0.311. The molecule has 0 aromatic heterocycles. The van der Waals surface area contributed by atoms with Crippen LogP contribution in [0.4, 0.5) is 0 Å². The number of nitrogens with zero attached hydrogens (tertiary/aromatic N) is 1. The summed E-state index contributed by atoms with van der Waals surface area (Å²) in [6.07, 6.45) is 6.81. The number of carbonyl (C=O) groups excluding carboxylic acids is 1. The molecule has 0 unspecified atom stereocenters. The lowest BCUT2D eigenvalue weighted by Gasteiger charge is -2.09. The predicted octanol–water partition coefficient (Wildman–Crippen LogP) is 4.28. The maximum Gasteiger partial charge on any atom is 0.271 e. The maximum atomic E-state index is 12.2. The molecule has 0 aliphatic rings. The van der Waals surface area contributed by atoms with Crippen LogP contribution in [0.25, 0.3) is 0 Å². The zero-order valence-corrected chi connectivity index (χ0v) is 20.0. The van der Waals surface area contributed by atoms with E-state index >= 15 is 0 Å². The Hall–Kier alpha value is -1.07. The van der Waals surface area contributed by atoms with Gasteiger partial charge in [0.25, 0.3) is 5.91 Å². The van der Waals surface area contributed by atoms with Gasteiger partial charge in [0.05, 0.1) is 24.0 Å². The van der Waals surface area contributed by atoms with E-state index in [1.54, 1.807) is 25.5 Å². The number of amides is 1. The molecule has 1 N–H and O–H groups in total. The predicted molar refractivity (Wildman–Crippen MR) is 127 cm³/mol. The topological polar surface area (TPSA) is 59.9 Å². The summed E-state index contributed by atoms with van der Waals surface area (Å²) in [5.41, 5.74) is 3.83. The van der Waals surface area contributed by atoms with Gasteiger partial charge in [-0.2, -0.15) is 5.10 Å². The Kier molecular flexibility index (Phi) is 8.42. The molecule has 8 heteroatoms. The SMILES string of the molecule is C#CCOc1c(I)cc(/C=N\NC(=O)c2ccc(I)c(OC)c2)cc1I. The van der Waals surface area contributed by atoms with Crippen LogP contribution >= 0.6 is 67.8 Å². The zero-order valence-electron chi connectivity index (χ0n) is 13.6. The fourth-order valence-corrected chi connectivity index (χ4v) is 4.62. The Bertz CT molecular complexity index is 869. The lowest BCUT2D eigenvalue weighted by Crippen LogP contribution is -2.17. The van der Waals surface area contributed by atoms with Crippen molar-refractivity contribution in [1.82, 2.24) is 5.43 Å². The largest absolute Gasteiger partial charge is 0.496 e. The van der Waals surface area contributed by atoms with Gasteiger partial charge in [0.1, 0.15) is 18.1 Å². The number of hydrogen-bond acceptors (Lipinski definition) is 4. The summed E-state index contributed by atoms with van der Waals surface area (Å²) >= 11 is 6.49. The smallest absolute Gasteiger partial charge is 0.271 e. The first kappa shape index (κ1) is 21.2. The lowest BCUT2D eigenvalue weighted by molar-refractivity contribution is 0.0954. The highest BCUT2D eigenvalue weighted by Crippen LogP contribution is 2.28. The highest BCUT2D eigenvalue weighted by atomic mass is 127. The van der Waals surface area contributed by atoms with Crippen molar-refractivity contribution < 1.29 is 14.3 Å². The zero-order chi connectivity index (χ0) is 19.1. The second-order valence-electron chi connectivity index (χ2n) is 4.85. The summed E-state index contributed by atoms with van der Waals surface area (Å²) < 4.78 is 13.5. The van der Waals surface area contributed by atoms with Crippen molar-refractivity contribution >= 4 is 79.9 Å². The molecule has 134 valence electrons. The lowest BCUT2D eigenvalue weighted by atomic mass is 10.2. The summed E-state index contributed by atoms with van der Waals surface area (Å²) in [5, 5.41) is 4.02. The molecule has 2 rings (SSSR count). The first-order valence-corrected chi connectivity index (χ1v) is 10.4. The number of carbonyl (C=O) groups is 1. The second-order valence-corrected chi connectivity index (χ2v) is 8.34. The molecule has 0 atom stereocenters. The average Bonchev–Trinajstić information content (AvgIpc) is 2.61. The van der Waals surface area contributed by atoms with E-state index in [-0.39, 0.29) is 12.5 Å². The molecule has 0 heterocycles. The third-order valence-corrected chi connectivity index (χ3v) is 5.61. The van der Waals surface area contributed by atoms with E-state index in [0.717, 1.165) is 22.0 Å². The van der Waals surface area contributed by atoms with Crippen molar-refractivity contribution in [3.8, 4) is 23.8 Å². The van der Waals surface area contributed by atoms with Crippen LogP contribution in [-0.2, 0) is 0 Å². The monoisotopic (exact) mass is 686 g/mol. The van der Waals surface area contributed by atoms with Crippen LogP contribution in [-0.4, -0.2) is 25.8 Å². The molecule has 0 radical (unpaired) electrons. The molecule has 0 aliphatic heterocycles. The Morgan fingerprint density at radius 1 is 1.23 bits per heavy atom. The standard InChI is InChI=1S/C18H13I3N2O3/c1-3-6-26-17-14(20)7-11(8-15(17)21)10-22-23-18(24)12-4-5-13(19)16(9-12)25-2/h1,4-5,7-10H,6H2,2H3,(H,23,24)/b22-10-. The van der Waals surface area contributed by atoms with E-state index in [4.69, 9.17) is 15.9 Å². The van der Waals surface area contributed by atoms with Gasteiger partial charge in [-0.3, -0.25) is 4.79 Å². The molecule has 0 aliphatic carbocycles. The maximum absolute atomic E-state index is 12.2. The van der Waals surface area contributed by atoms with Gasteiger partial charge in [-0.1, -0.05) is 5.92 Å². The number of hydrogen-bond donors (Lipinski definition) is 1. The summed E-state index contributed by atoms with van der Waals surface area (Å²) in [5.74, 6) is 3.53. The van der Waals surface area contributed by atoms with Gasteiger partial charge in [0.15, 0.2) is 0 Å². The quantitative estimate of drug-likeness (QED) is 0.214. The van der Waals surface area contributed by atoms with Gasteiger partial charge in [-0.05, 0) is 104 Å². The number of nitrogens with one attached hydrogen (secondary N) is 1. The molecule has 5 nitrogen and oxygen atoms in total. The van der Waals surface area contributed by atoms with Crippen LogP contribution in [0.1, 0.15) is 15.9 Å². The van der Waals surface area contributed by atoms with Crippen LogP contribution in [0, 0.1) is 23.1 Å². The summed E-state index contributed by atoms with van der Waals surface area (Å²) in [7, 11) is 1.57. The molecule has 0 saturated heterocycles. The van der Waals surface area contributed by atoms with Gasteiger partial charge in [-0.25, -0.2) is 5.43 Å². The molecule has 26 heavy (non-hydrogen) atoms. The van der Waals surface area contributed by atoms with Gasteiger partial charge in [-0.15, -0.1) is 6.42 Å². The van der Waals surface area contributed by atoms with Crippen LogP contribution in [0.2, 0.25) is 0 Å². The van der Waals surface area contributed by atoms with Gasteiger partial charge in [0, 0.05) is 5.56 Å². The Balaban J connectivity index is 2.08. The van der Waals surface area contributed by atoms with Crippen LogP contribution in [0.3, 0.4) is 0 Å². The number of terminal acetylenes is 1. The normalized spacial score (nSPS) is 10.4. The Morgan fingerprint density at radius 3 is 2.54 bits per heavy atom. The van der Waals surface area contributed by atoms with Crippen LogP contribution in [0.5, 0.6) is 11.5 Å². The summed E-state index contributed by atoms with van der Waals surface area (Å²) in [6, 6.07) is 9.02. The first-order valence-electron chi connectivity index (χ1n) is 7.18. The highest BCUT2D eigenvalue weighted by Gasteiger charge is 2.09. The fraction of sp³-hybridized carbons (Fsp3) is 0.111. The Labute approximate surface area is 192 Å². The second kappa shape index (κ2) is 10.3. The van der Waals surface area contributed by atoms with Gasteiger partial charge in [0.2, 0.25) is 0 Å². The third-order valence-electron chi connectivity index (χ3n) is 3.11. The molecule has 2 aromatic rings. The van der Waals surface area contributed by atoms with E-state index in [1.165, 1.54) is 0 Å². The number of rotatable bonds is 6. The van der Waals surface area contributed by atoms with Gasteiger partial charge < -0.3 is 9.47 Å². The number of benzene rings is 2. The molecule has 0 fully saturated rings. The van der Waals surface area contributed by atoms with Crippen LogP contribution in [0.15, 0.2) is 35.4 Å². The molecule has 0 saturated carbocycles. The van der Waals surface area contributed by atoms with E-state index in [9.17, 15) is 4.79 Å². The van der Waals surface area contributed by atoms with E-state index in [2.05, 4.69) is 84.2 Å². The fourth-order valence-electron chi connectivity index (χ4n) is 1.94. The molecule has 0 bridgehead atoms. The van der Waals surface area contributed by atoms with Crippen molar-refractivity contribution in [1.29, 1.82) is 0 Å². The van der Waals surface area contributed by atoms with Crippen molar-refractivity contribution in [2.45, 2.75) is 0 Å². The molecular formula is C18H13I3N2O3. The molecule has 2 aromatic carbocycles. The summed E-state index contributed by atoms with van der Waals surface area (Å²) in [6.45, 7) is 0.217. The average molecular weight is 686 g/mol. The number of ether oxygens (including phenoxy) is 2. The van der Waals surface area contributed by atoms with E-state index < -0.39 is 0 Å². The van der Waals surface area contributed by atoms with Crippen LogP contribution < -0.4 is 14.9 Å². The number of methoxy groups -OCH3 is 1. The Morgan fingerprint density at radius 2 is 1.92 bits per heavy atom. The van der Waals surface area contributed by atoms with E-state index in [0.29, 0.717) is 11.3 Å². The van der Waals surface area contributed by atoms with Crippen molar-refractivity contribution in [2.24, 2.45) is 5.10 Å². The number of halogens is 3. The third kappa shape index (κ3) is 5.71. The molecule has 0 spiro atoms. The minimum absolute atomic E-state index is 0.217. The highest BCUT2D eigenvalue weighted by molar-refractivity contribution is 14.1. The minimum Gasteiger partial charge on any atom is -0.496 e. The van der Waals surface area contributed by atoms with Crippen molar-refractivity contribution in [3.63, 3.8) is 0 Å². The number of hydrazone groups is 1. The molecular weight excluding hydrogens is 673 g/mol. The van der Waals surface area contributed by atoms with Crippen molar-refractivity contribution in [3.05, 3.63) is 52.2 Å². The summed E-state index contributed by atoms with van der Waals surface area (Å²) in [4.78, 5) is 12.2. The van der Waals surface area contributed by atoms with E-state index in [1.807, 2.05) is 18.2 Å². The first-order chi connectivity index (χ1) is 12.5. The molecule has 1 amide bonds.